The molecule has 1 heterocycles. The number of carboxylic acid groups (broad SMARTS) is 1. The normalized spacial score (nSPS) is 12.2. The number of nitrogens with one attached hydrogen (secondary N) is 2. The number of rotatable bonds is 10. The summed E-state index contributed by atoms with van der Waals surface area (Å²) in [5, 5.41) is 14.5. The van der Waals surface area contributed by atoms with Crippen LogP contribution in [-0.2, 0) is 16.0 Å². The van der Waals surface area contributed by atoms with Gasteiger partial charge in [-0.05, 0) is 44.0 Å². The van der Waals surface area contributed by atoms with Crippen LogP contribution in [0.3, 0.4) is 0 Å². The molecule has 0 aliphatic rings. The highest BCUT2D eigenvalue weighted by Gasteiger charge is 2.22. The summed E-state index contributed by atoms with van der Waals surface area (Å²) in [7, 11) is 1.90. The molecule has 1 rings (SSSR count). The summed E-state index contributed by atoms with van der Waals surface area (Å²) >= 11 is 5.40. The molecule has 0 aliphatic heterocycles. The number of carbonyl (C=O) groups is 2. The van der Waals surface area contributed by atoms with Gasteiger partial charge in [0.25, 0.3) is 0 Å². The van der Waals surface area contributed by atoms with Crippen molar-refractivity contribution in [1.29, 1.82) is 0 Å². The average Bonchev–Trinajstić information content (AvgIpc) is 2.51. The van der Waals surface area contributed by atoms with E-state index in [1.165, 1.54) is 0 Å². The highest BCUT2D eigenvalue weighted by molar-refractivity contribution is 7.71. The molecule has 1 aromatic rings. The smallest absolute Gasteiger partial charge is 0.305 e. The topological polar surface area (TPSA) is 83.4 Å². The maximum Gasteiger partial charge on any atom is 0.305 e. The van der Waals surface area contributed by atoms with Gasteiger partial charge in [0.1, 0.15) is 10.7 Å². The summed E-state index contributed by atoms with van der Waals surface area (Å²) < 4.78 is 2.43. The van der Waals surface area contributed by atoms with E-state index in [-0.39, 0.29) is 18.9 Å². The predicted molar refractivity (Wildman–Crippen MR) is 96.7 cm³/mol. The van der Waals surface area contributed by atoms with Crippen molar-refractivity contribution in [1.82, 2.24) is 15.2 Å². The quantitative estimate of drug-likeness (QED) is 0.562. The van der Waals surface area contributed by atoms with Crippen LogP contribution in [0.2, 0.25) is 0 Å². The molecule has 3 N–H and O–H groups in total. The van der Waals surface area contributed by atoms with Gasteiger partial charge in [-0.15, -0.1) is 0 Å². The second kappa shape index (κ2) is 10.2. The van der Waals surface area contributed by atoms with Gasteiger partial charge < -0.3 is 20.3 Å². The molecular formula is C17H27N3O3S. The lowest BCUT2D eigenvalue weighted by Crippen LogP contribution is -2.35. The lowest BCUT2D eigenvalue weighted by Gasteiger charge is -2.23. The predicted octanol–water partition coefficient (Wildman–Crippen LogP) is 2.16. The molecule has 0 fully saturated rings. The van der Waals surface area contributed by atoms with Gasteiger partial charge >= 0.3 is 5.97 Å². The first-order valence-electron chi connectivity index (χ1n) is 8.20. The molecule has 0 spiro atoms. The fourth-order valence-corrected chi connectivity index (χ4v) is 2.66. The molecule has 0 radical (unpaired) electrons. The Bertz CT molecular complexity index is 613. The van der Waals surface area contributed by atoms with Gasteiger partial charge in [-0.25, -0.2) is 0 Å². The Labute approximate surface area is 148 Å². The zero-order valence-corrected chi connectivity index (χ0v) is 15.4. The molecule has 0 saturated carbocycles. The number of nitrogens with zero attached hydrogens (tertiary/aromatic N) is 1. The van der Waals surface area contributed by atoms with E-state index in [1.807, 2.05) is 43.8 Å². The van der Waals surface area contributed by atoms with Crippen molar-refractivity contribution in [3.63, 3.8) is 0 Å². The summed E-state index contributed by atoms with van der Waals surface area (Å²) in [5.74, 6) is -0.809. The first kappa shape index (κ1) is 20.3. The zero-order valence-electron chi connectivity index (χ0n) is 14.5. The van der Waals surface area contributed by atoms with Crippen LogP contribution in [0.4, 0.5) is 0 Å². The van der Waals surface area contributed by atoms with E-state index >= 15 is 0 Å². The second-order valence-corrected chi connectivity index (χ2v) is 6.63. The number of aromatic nitrogens is 1. The number of carboxylic acids is 1. The minimum atomic E-state index is -0.929. The van der Waals surface area contributed by atoms with Crippen molar-refractivity contribution in [2.24, 2.45) is 5.92 Å². The first-order chi connectivity index (χ1) is 11.3. The number of amides is 1. The molecule has 1 unspecified atom stereocenters. The van der Waals surface area contributed by atoms with Crippen LogP contribution >= 0.6 is 12.2 Å². The third kappa shape index (κ3) is 6.80. The number of carbonyl (C=O) groups excluding carboxylic acids is 1. The largest absolute Gasteiger partial charge is 0.481 e. The van der Waals surface area contributed by atoms with E-state index in [0.717, 1.165) is 18.5 Å². The van der Waals surface area contributed by atoms with Crippen molar-refractivity contribution in [2.75, 3.05) is 20.1 Å². The number of likely N-dealkylation sites (N-methyl/N-ethyl adjacent to an activating group) is 1. The summed E-state index contributed by atoms with van der Waals surface area (Å²) in [6.07, 6.45) is 3.33. The molecule has 1 amide bonds. The van der Waals surface area contributed by atoms with Gasteiger partial charge in [0.2, 0.25) is 5.91 Å². The Morgan fingerprint density at radius 3 is 2.58 bits per heavy atom. The highest BCUT2D eigenvalue weighted by Crippen LogP contribution is 2.20. The van der Waals surface area contributed by atoms with Crippen LogP contribution in [0, 0.1) is 10.6 Å². The average molecular weight is 353 g/mol. The van der Waals surface area contributed by atoms with E-state index in [9.17, 15) is 9.59 Å². The number of hydrogen-bond donors (Lipinski definition) is 3. The Morgan fingerprint density at radius 2 is 2.00 bits per heavy atom. The third-order valence-corrected chi connectivity index (χ3v) is 3.98. The van der Waals surface area contributed by atoms with Crippen LogP contribution in [-0.4, -0.2) is 41.7 Å². The summed E-state index contributed by atoms with van der Waals surface area (Å²) in [5.41, 5.74) is 1.10. The summed E-state index contributed by atoms with van der Waals surface area (Å²) in [6, 6.07) is 3.39. The number of pyridine rings is 1. The van der Waals surface area contributed by atoms with Crippen LogP contribution in [0.25, 0.3) is 0 Å². The molecular weight excluding hydrogens is 326 g/mol. The molecule has 6 nitrogen and oxygen atoms in total. The van der Waals surface area contributed by atoms with Gasteiger partial charge in [-0.1, -0.05) is 32.1 Å². The van der Waals surface area contributed by atoms with Crippen molar-refractivity contribution < 1.29 is 14.7 Å². The standard InChI is InChI=1S/C17H27N3O3S/c1-12(2)10-14(17(23)19-9-7-16(21)22)20-11-13(6-8-18-3)4-5-15(20)24/h4-5,11-12,14,18H,6-10H2,1-3H3,(H,19,23)(H,21,22). The lowest BCUT2D eigenvalue weighted by atomic mass is 10.0. The van der Waals surface area contributed by atoms with Gasteiger partial charge in [0.05, 0.1) is 6.42 Å². The zero-order chi connectivity index (χ0) is 18.1. The Hall–Kier alpha value is -1.73. The maximum atomic E-state index is 12.6. The molecule has 1 aromatic heterocycles. The third-order valence-electron chi connectivity index (χ3n) is 3.63. The van der Waals surface area contributed by atoms with Crippen LogP contribution < -0.4 is 10.6 Å². The fourth-order valence-electron chi connectivity index (χ4n) is 2.41. The fraction of sp³-hybridized carbons (Fsp3) is 0.588. The van der Waals surface area contributed by atoms with Gasteiger partial charge in [-0.3, -0.25) is 9.59 Å². The summed E-state index contributed by atoms with van der Waals surface area (Å²) in [4.78, 5) is 23.2. The van der Waals surface area contributed by atoms with E-state index in [0.29, 0.717) is 17.0 Å². The minimum absolute atomic E-state index is 0.0895. The SMILES string of the molecule is CNCCc1ccc(=S)n(C(CC(C)C)C(=O)NCCC(=O)O)c1. The Balaban J connectivity index is 2.99. The molecule has 24 heavy (non-hydrogen) atoms. The number of hydrogen-bond acceptors (Lipinski definition) is 4. The van der Waals surface area contributed by atoms with Gasteiger partial charge in [-0.2, -0.15) is 0 Å². The van der Waals surface area contributed by atoms with Crippen molar-refractivity contribution in [2.45, 2.75) is 39.2 Å². The van der Waals surface area contributed by atoms with E-state index in [2.05, 4.69) is 10.6 Å². The minimum Gasteiger partial charge on any atom is -0.481 e. The van der Waals surface area contributed by atoms with E-state index in [4.69, 9.17) is 17.3 Å². The first-order valence-corrected chi connectivity index (χ1v) is 8.61. The lowest BCUT2D eigenvalue weighted by molar-refractivity contribution is -0.137. The van der Waals surface area contributed by atoms with Crippen LogP contribution in [0.5, 0.6) is 0 Å². The Morgan fingerprint density at radius 1 is 1.29 bits per heavy atom. The Kier molecular flexibility index (Phi) is 8.63. The second-order valence-electron chi connectivity index (χ2n) is 6.22. The van der Waals surface area contributed by atoms with Crippen molar-refractivity contribution in [3.8, 4) is 0 Å². The molecule has 0 aliphatic carbocycles. The van der Waals surface area contributed by atoms with Gasteiger partial charge in [0, 0.05) is 12.7 Å². The summed E-state index contributed by atoms with van der Waals surface area (Å²) in [6.45, 7) is 5.06. The van der Waals surface area contributed by atoms with Gasteiger partial charge in [0.15, 0.2) is 0 Å². The molecule has 0 saturated heterocycles. The van der Waals surface area contributed by atoms with Crippen molar-refractivity contribution >= 4 is 24.1 Å². The highest BCUT2D eigenvalue weighted by atomic mass is 32.1. The van der Waals surface area contributed by atoms with Crippen LogP contribution in [0.1, 0.15) is 38.3 Å². The molecule has 1 atom stereocenters. The van der Waals surface area contributed by atoms with Crippen LogP contribution in [0.15, 0.2) is 18.3 Å². The molecule has 7 heteroatoms. The molecule has 134 valence electrons. The maximum absolute atomic E-state index is 12.6. The molecule has 0 aromatic carbocycles. The number of aliphatic carboxylic acids is 1. The monoisotopic (exact) mass is 353 g/mol. The van der Waals surface area contributed by atoms with E-state index in [1.54, 1.807) is 0 Å². The molecule has 0 bridgehead atoms. The van der Waals surface area contributed by atoms with E-state index < -0.39 is 12.0 Å². The van der Waals surface area contributed by atoms with Crippen molar-refractivity contribution in [3.05, 3.63) is 28.5 Å².